The Morgan fingerprint density at radius 1 is 0.853 bits per heavy atom. The van der Waals surface area contributed by atoms with Crippen LogP contribution in [-0.2, 0) is 12.4 Å². The Labute approximate surface area is 192 Å². The number of amides is 2. The van der Waals surface area contributed by atoms with Crippen LogP contribution in [0, 0.1) is 0 Å². The molecule has 0 fully saturated rings. The normalized spacial score (nSPS) is 12.1. The minimum atomic E-state index is -4.69. The van der Waals surface area contributed by atoms with Gasteiger partial charge in [0, 0.05) is 11.1 Å². The largest absolute Gasteiger partial charge is 0.417 e. The van der Waals surface area contributed by atoms with Gasteiger partial charge in [-0.15, -0.1) is 0 Å². The van der Waals surface area contributed by atoms with Crippen LogP contribution >= 0.6 is 11.6 Å². The number of halogens is 7. The molecule has 0 unspecified atom stereocenters. The standard InChI is InChI=1S/C21H12ClF6N5O/c22-16-6-4-11(8-15(16)21(26,27)28)31-19(34)32-12-5-7-18(29-9-12)33-17-3-1-2-14(20(23,24)25)13(17)10-30-33/h1-10H,(H2,31,32,34). The molecule has 4 rings (SSSR count). The maximum absolute atomic E-state index is 13.2. The number of aromatic nitrogens is 3. The van der Waals surface area contributed by atoms with Gasteiger partial charge >= 0.3 is 18.4 Å². The van der Waals surface area contributed by atoms with Crippen LogP contribution in [0.2, 0.25) is 5.02 Å². The van der Waals surface area contributed by atoms with Gasteiger partial charge in [-0.2, -0.15) is 31.4 Å². The number of anilines is 2. The topological polar surface area (TPSA) is 71.8 Å². The summed E-state index contributed by atoms with van der Waals surface area (Å²) >= 11 is 5.55. The summed E-state index contributed by atoms with van der Waals surface area (Å²) in [4.78, 5) is 16.3. The van der Waals surface area contributed by atoms with E-state index >= 15 is 0 Å². The van der Waals surface area contributed by atoms with Gasteiger partial charge < -0.3 is 10.6 Å². The molecule has 0 saturated carbocycles. The van der Waals surface area contributed by atoms with Crippen molar-refractivity contribution in [3.8, 4) is 5.82 Å². The molecule has 6 nitrogen and oxygen atoms in total. The molecule has 0 aliphatic rings. The molecule has 34 heavy (non-hydrogen) atoms. The number of hydrogen-bond acceptors (Lipinski definition) is 3. The van der Waals surface area contributed by atoms with E-state index in [1.54, 1.807) is 0 Å². The van der Waals surface area contributed by atoms with Crippen molar-refractivity contribution in [2.75, 3.05) is 10.6 Å². The first-order valence-corrected chi connectivity index (χ1v) is 9.76. The molecular formula is C21H12ClF6N5O. The predicted molar refractivity (Wildman–Crippen MR) is 113 cm³/mol. The van der Waals surface area contributed by atoms with Gasteiger partial charge in [-0.05, 0) is 42.5 Å². The highest BCUT2D eigenvalue weighted by Crippen LogP contribution is 2.36. The zero-order valence-electron chi connectivity index (χ0n) is 16.7. The van der Waals surface area contributed by atoms with Crippen molar-refractivity contribution >= 4 is 39.9 Å². The zero-order valence-corrected chi connectivity index (χ0v) is 17.4. The van der Waals surface area contributed by atoms with E-state index < -0.39 is 34.5 Å². The van der Waals surface area contributed by atoms with E-state index in [2.05, 4.69) is 20.7 Å². The third-order valence-corrected chi connectivity index (χ3v) is 5.00. The fourth-order valence-corrected chi connectivity index (χ4v) is 3.40. The third kappa shape index (κ3) is 4.76. The molecular weight excluding hydrogens is 488 g/mol. The highest BCUT2D eigenvalue weighted by molar-refractivity contribution is 6.31. The Kier molecular flexibility index (Phi) is 5.86. The quantitative estimate of drug-likeness (QED) is 0.306. The molecule has 13 heteroatoms. The number of benzene rings is 2. The average Bonchev–Trinajstić information content (AvgIpc) is 3.18. The number of nitrogens with one attached hydrogen (secondary N) is 2. The molecule has 0 saturated heterocycles. The molecule has 2 aromatic heterocycles. The lowest BCUT2D eigenvalue weighted by Crippen LogP contribution is -2.20. The molecule has 0 bridgehead atoms. The predicted octanol–water partition coefficient (Wildman–Crippen LogP) is 6.76. The summed E-state index contributed by atoms with van der Waals surface area (Å²) in [6.45, 7) is 0. The summed E-state index contributed by atoms with van der Waals surface area (Å²) in [5.41, 5.74) is -1.70. The van der Waals surface area contributed by atoms with Gasteiger partial charge in [-0.25, -0.2) is 14.5 Å². The van der Waals surface area contributed by atoms with Crippen molar-refractivity contribution in [3.05, 3.63) is 77.1 Å². The number of pyridine rings is 1. The molecule has 176 valence electrons. The van der Waals surface area contributed by atoms with Crippen molar-refractivity contribution in [2.24, 2.45) is 0 Å². The van der Waals surface area contributed by atoms with Crippen LogP contribution in [-0.4, -0.2) is 20.8 Å². The molecule has 2 heterocycles. The van der Waals surface area contributed by atoms with Crippen LogP contribution in [0.15, 0.2) is 60.9 Å². The van der Waals surface area contributed by atoms with Crippen molar-refractivity contribution in [2.45, 2.75) is 12.4 Å². The van der Waals surface area contributed by atoms with Crippen molar-refractivity contribution < 1.29 is 31.1 Å². The molecule has 0 aliphatic carbocycles. The van der Waals surface area contributed by atoms with E-state index in [0.29, 0.717) is 6.07 Å². The summed E-state index contributed by atoms with van der Waals surface area (Å²) in [7, 11) is 0. The summed E-state index contributed by atoms with van der Waals surface area (Å²) in [5.74, 6) is 0.188. The molecule has 0 spiro atoms. The second kappa shape index (κ2) is 8.52. The minimum Gasteiger partial charge on any atom is -0.308 e. The average molecular weight is 500 g/mol. The van der Waals surface area contributed by atoms with Gasteiger partial charge in [0.2, 0.25) is 0 Å². The van der Waals surface area contributed by atoms with Crippen LogP contribution in [0.25, 0.3) is 16.7 Å². The van der Waals surface area contributed by atoms with E-state index in [1.165, 1.54) is 41.2 Å². The SMILES string of the molecule is O=C(Nc1ccc(-n2ncc3c(C(F)(F)F)cccc32)nc1)Nc1ccc(Cl)c(C(F)(F)F)c1. The Hall–Kier alpha value is -3.80. The first-order valence-electron chi connectivity index (χ1n) is 9.38. The number of hydrogen-bond donors (Lipinski definition) is 2. The fourth-order valence-electron chi connectivity index (χ4n) is 3.18. The lowest BCUT2D eigenvalue weighted by Gasteiger charge is -2.12. The van der Waals surface area contributed by atoms with Gasteiger partial charge in [0.15, 0.2) is 5.82 Å². The van der Waals surface area contributed by atoms with E-state index in [0.717, 1.165) is 18.3 Å². The van der Waals surface area contributed by atoms with Gasteiger partial charge in [0.1, 0.15) is 0 Å². The molecule has 0 radical (unpaired) electrons. The van der Waals surface area contributed by atoms with Crippen LogP contribution < -0.4 is 10.6 Å². The number of rotatable bonds is 3. The van der Waals surface area contributed by atoms with Crippen LogP contribution in [0.1, 0.15) is 11.1 Å². The van der Waals surface area contributed by atoms with E-state index in [1.807, 2.05) is 0 Å². The Morgan fingerprint density at radius 3 is 2.18 bits per heavy atom. The monoisotopic (exact) mass is 499 g/mol. The fraction of sp³-hybridized carbons (Fsp3) is 0.0952. The molecule has 0 atom stereocenters. The minimum absolute atomic E-state index is 0.0976. The Balaban J connectivity index is 1.50. The third-order valence-electron chi connectivity index (χ3n) is 4.67. The number of fused-ring (bicyclic) bond motifs is 1. The van der Waals surface area contributed by atoms with E-state index in [4.69, 9.17) is 11.6 Å². The van der Waals surface area contributed by atoms with Crippen molar-refractivity contribution in [1.82, 2.24) is 14.8 Å². The van der Waals surface area contributed by atoms with Crippen molar-refractivity contribution in [1.29, 1.82) is 0 Å². The van der Waals surface area contributed by atoms with Crippen LogP contribution in [0.3, 0.4) is 0 Å². The molecule has 2 aromatic carbocycles. The van der Waals surface area contributed by atoms with E-state index in [-0.39, 0.29) is 28.1 Å². The Bertz CT molecular complexity index is 1370. The maximum atomic E-state index is 13.2. The molecule has 2 amide bonds. The lowest BCUT2D eigenvalue weighted by molar-refractivity contribution is -0.137. The maximum Gasteiger partial charge on any atom is 0.417 e. The number of alkyl halides is 6. The summed E-state index contributed by atoms with van der Waals surface area (Å²) in [6, 6.07) is 8.55. The first kappa shape index (κ1) is 23.4. The smallest absolute Gasteiger partial charge is 0.308 e. The zero-order chi connectivity index (χ0) is 24.7. The molecule has 2 N–H and O–H groups in total. The summed E-state index contributed by atoms with van der Waals surface area (Å²) in [6.07, 6.45) is -6.94. The first-order chi connectivity index (χ1) is 15.9. The van der Waals surface area contributed by atoms with E-state index in [9.17, 15) is 31.1 Å². The second-order valence-corrected chi connectivity index (χ2v) is 7.38. The molecule has 0 aliphatic heterocycles. The van der Waals surface area contributed by atoms with Gasteiger partial charge in [0.25, 0.3) is 0 Å². The lowest BCUT2D eigenvalue weighted by atomic mass is 10.1. The van der Waals surface area contributed by atoms with Gasteiger partial charge in [-0.1, -0.05) is 17.7 Å². The van der Waals surface area contributed by atoms with Gasteiger partial charge in [0.05, 0.1) is 39.7 Å². The highest BCUT2D eigenvalue weighted by atomic mass is 35.5. The van der Waals surface area contributed by atoms with Crippen molar-refractivity contribution in [3.63, 3.8) is 0 Å². The highest BCUT2D eigenvalue weighted by Gasteiger charge is 2.34. The van der Waals surface area contributed by atoms with Crippen LogP contribution in [0.4, 0.5) is 42.5 Å². The summed E-state index contributed by atoms with van der Waals surface area (Å²) in [5, 5.41) is 8.02. The van der Waals surface area contributed by atoms with Gasteiger partial charge in [-0.3, -0.25) is 0 Å². The Morgan fingerprint density at radius 2 is 1.53 bits per heavy atom. The number of urea groups is 1. The number of carbonyl (C=O) groups is 1. The number of carbonyl (C=O) groups excluding carboxylic acids is 1. The van der Waals surface area contributed by atoms with Crippen LogP contribution in [0.5, 0.6) is 0 Å². The number of nitrogens with zero attached hydrogens (tertiary/aromatic N) is 3. The summed E-state index contributed by atoms with van der Waals surface area (Å²) < 4.78 is 79.7. The second-order valence-electron chi connectivity index (χ2n) is 6.97. The molecule has 4 aromatic rings.